The minimum absolute atomic E-state index is 1.12. The Hall–Kier alpha value is -1.24. The lowest BCUT2D eigenvalue weighted by molar-refractivity contribution is 0.702. The molecule has 0 bridgehead atoms. The smallest absolute Gasteiger partial charge is 0.0483 e. The van der Waals surface area contributed by atoms with Gasteiger partial charge in [0.1, 0.15) is 0 Å². The van der Waals surface area contributed by atoms with Crippen molar-refractivity contribution < 1.29 is 0 Å². The fourth-order valence-corrected chi connectivity index (χ4v) is 1.86. The topological polar surface area (TPSA) is 4.93 Å². The van der Waals surface area contributed by atoms with Crippen LogP contribution in [0.5, 0.6) is 0 Å². The number of nitrogens with zero attached hydrogens (tertiary/aromatic N) is 1. The zero-order valence-electron chi connectivity index (χ0n) is 10.2. The molecule has 0 aliphatic carbocycles. The van der Waals surface area contributed by atoms with Crippen molar-refractivity contribution >= 4 is 10.9 Å². The Labute approximate surface area is 92.7 Å². The highest BCUT2D eigenvalue weighted by Crippen LogP contribution is 2.20. The molecule has 1 heteroatoms. The van der Waals surface area contributed by atoms with Crippen molar-refractivity contribution in [1.82, 2.24) is 4.57 Å². The lowest BCUT2D eigenvalue weighted by Crippen LogP contribution is -1.93. The highest BCUT2D eigenvalue weighted by Gasteiger charge is 2.02. The molecule has 0 aliphatic rings. The number of aromatic nitrogens is 1. The molecule has 0 fully saturated rings. The number of fused-ring (bicyclic) bond motifs is 1. The number of aryl methyl sites for hydroxylation is 2. The van der Waals surface area contributed by atoms with Gasteiger partial charge in [0.15, 0.2) is 0 Å². The van der Waals surface area contributed by atoms with E-state index >= 15 is 0 Å². The van der Waals surface area contributed by atoms with Crippen LogP contribution >= 0.6 is 0 Å². The summed E-state index contributed by atoms with van der Waals surface area (Å²) in [5.74, 6) is 0. The van der Waals surface area contributed by atoms with Crippen LogP contribution in [-0.2, 0) is 6.54 Å². The molecule has 1 aromatic carbocycles. The average Bonchev–Trinajstić information content (AvgIpc) is 2.61. The number of rotatable bonds is 2. The van der Waals surface area contributed by atoms with Gasteiger partial charge >= 0.3 is 0 Å². The van der Waals surface area contributed by atoms with Gasteiger partial charge in [-0.15, -0.1) is 0 Å². The third-order valence-electron chi connectivity index (χ3n) is 2.45. The summed E-state index contributed by atoms with van der Waals surface area (Å²) in [6.07, 6.45) is 3.44. The van der Waals surface area contributed by atoms with Crippen molar-refractivity contribution in [3.63, 3.8) is 0 Å². The highest BCUT2D eigenvalue weighted by molar-refractivity contribution is 5.83. The summed E-state index contributed by atoms with van der Waals surface area (Å²) in [5.41, 5.74) is 2.74. The maximum absolute atomic E-state index is 2.34. The molecule has 1 nitrogen and oxygen atoms in total. The van der Waals surface area contributed by atoms with Crippen molar-refractivity contribution in [2.75, 3.05) is 0 Å². The van der Waals surface area contributed by atoms with Crippen molar-refractivity contribution in [2.24, 2.45) is 0 Å². The van der Waals surface area contributed by atoms with E-state index in [1.165, 1.54) is 22.9 Å². The van der Waals surface area contributed by atoms with Crippen LogP contribution in [0.25, 0.3) is 10.9 Å². The minimum Gasteiger partial charge on any atom is -0.347 e. The van der Waals surface area contributed by atoms with E-state index < -0.39 is 0 Å². The van der Waals surface area contributed by atoms with Gasteiger partial charge in [-0.2, -0.15) is 0 Å². The highest BCUT2D eigenvalue weighted by atomic mass is 14.9. The first kappa shape index (κ1) is 11.8. The molecular formula is C14H21N. The summed E-state index contributed by atoms with van der Waals surface area (Å²) in [6, 6.07) is 8.59. The molecular weight excluding hydrogens is 182 g/mol. The standard InChI is InChI=1S/C12H15N.C2H6/c1-3-8-13-9-10(2)11-6-4-5-7-12(11)13;1-2/h4-7,9H,3,8H2,1-2H3;1-2H3. The summed E-state index contributed by atoms with van der Waals surface area (Å²) >= 11 is 0. The third-order valence-corrected chi connectivity index (χ3v) is 2.45. The zero-order chi connectivity index (χ0) is 11.3. The largest absolute Gasteiger partial charge is 0.347 e. The Balaban J connectivity index is 0.000000531. The van der Waals surface area contributed by atoms with Crippen LogP contribution < -0.4 is 0 Å². The fourth-order valence-electron chi connectivity index (χ4n) is 1.86. The molecule has 2 aromatic rings. The van der Waals surface area contributed by atoms with E-state index in [4.69, 9.17) is 0 Å². The lowest BCUT2D eigenvalue weighted by Gasteiger charge is -2.01. The number of hydrogen-bond donors (Lipinski definition) is 0. The number of para-hydroxylation sites is 1. The monoisotopic (exact) mass is 203 g/mol. The maximum atomic E-state index is 2.34. The van der Waals surface area contributed by atoms with Gasteiger partial charge in [0.25, 0.3) is 0 Å². The molecule has 0 saturated heterocycles. The first-order valence-corrected chi connectivity index (χ1v) is 5.87. The predicted molar refractivity (Wildman–Crippen MR) is 68.3 cm³/mol. The lowest BCUT2D eigenvalue weighted by atomic mass is 10.2. The molecule has 0 aliphatic heterocycles. The Kier molecular flexibility index (Phi) is 4.41. The summed E-state index contributed by atoms with van der Waals surface area (Å²) in [6.45, 7) is 9.51. The maximum Gasteiger partial charge on any atom is 0.0483 e. The van der Waals surface area contributed by atoms with Gasteiger partial charge in [-0.25, -0.2) is 0 Å². The van der Waals surface area contributed by atoms with Gasteiger partial charge in [-0.3, -0.25) is 0 Å². The summed E-state index contributed by atoms with van der Waals surface area (Å²) < 4.78 is 2.34. The third kappa shape index (κ3) is 2.41. The fraction of sp³-hybridized carbons (Fsp3) is 0.429. The van der Waals surface area contributed by atoms with E-state index in [9.17, 15) is 0 Å². The van der Waals surface area contributed by atoms with Crippen molar-refractivity contribution in [3.05, 3.63) is 36.0 Å². The molecule has 0 unspecified atom stereocenters. The molecule has 82 valence electrons. The van der Waals surface area contributed by atoms with Gasteiger partial charge in [0, 0.05) is 23.6 Å². The molecule has 0 amide bonds. The van der Waals surface area contributed by atoms with E-state index in [-0.39, 0.29) is 0 Å². The predicted octanol–water partition coefficient (Wildman–Crippen LogP) is 4.39. The Morgan fingerprint density at radius 3 is 2.47 bits per heavy atom. The van der Waals surface area contributed by atoms with Crippen LogP contribution in [0, 0.1) is 6.92 Å². The Morgan fingerprint density at radius 2 is 1.80 bits per heavy atom. The molecule has 0 spiro atoms. The molecule has 0 radical (unpaired) electrons. The molecule has 0 N–H and O–H groups in total. The summed E-state index contributed by atoms with van der Waals surface area (Å²) in [5, 5.41) is 1.39. The van der Waals surface area contributed by atoms with Crippen LogP contribution in [0.2, 0.25) is 0 Å². The number of hydrogen-bond acceptors (Lipinski definition) is 0. The normalized spacial score (nSPS) is 9.87. The quantitative estimate of drug-likeness (QED) is 0.682. The van der Waals surface area contributed by atoms with Crippen LogP contribution in [0.15, 0.2) is 30.5 Å². The molecule has 1 heterocycles. The average molecular weight is 203 g/mol. The van der Waals surface area contributed by atoms with Crippen LogP contribution in [0.1, 0.15) is 32.8 Å². The van der Waals surface area contributed by atoms with E-state index in [2.05, 4.69) is 48.9 Å². The van der Waals surface area contributed by atoms with E-state index in [1.54, 1.807) is 0 Å². The van der Waals surface area contributed by atoms with E-state index in [1.807, 2.05) is 13.8 Å². The molecule has 15 heavy (non-hydrogen) atoms. The van der Waals surface area contributed by atoms with Gasteiger partial charge < -0.3 is 4.57 Å². The first-order chi connectivity index (χ1) is 7.33. The van der Waals surface area contributed by atoms with E-state index in [0.29, 0.717) is 0 Å². The van der Waals surface area contributed by atoms with Crippen molar-refractivity contribution in [3.8, 4) is 0 Å². The molecule has 0 atom stereocenters. The Morgan fingerprint density at radius 1 is 1.13 bits per heavy atom. The zero-order valence-corrected chi connectivity index (χ0v) is 10.2. The van der Waals surface area contributed by atoms with E-state index in [0.717, 1.165) is 6.54 Å². The number of benzene rings is 1. The molecule has 0 saturated carbocycles. The minimum atomic E-state index is 1.12. The molecule has 1 aromatic heterocycles. The summed E-state index contributed by atoms with van der Waals surface area (Å²) in [7, 11) is 0. The van der Waals surface area contributed by atoms with Crippen molar-refractivity contribution in [2.45, 2.75) is 40.7 Å². The van der Waals surface area contributed by atoms with Gasteiger partial charge in [0.05, 0.1) is 0 Å². The van der Waals surface area contributed by atoms with Crippen molar-refractivity contribution in [1.29, 1.82) is 0 Å². The van der Waals surface area contributed by atoms with Crippen LogP contribution in [-0.4, -0.2) is 4.57 Å². The van der Waals surface area contributed by atoms with Crippen LogP contribution in [0.3, 0.4) is 0 Å². The first-order valence-electron chi connectivity index (χ1n) is 5.87. The van der Waals surface area contributed by atoms with Gasteiger partial charge in [-0.05, 0) is 25.0 Å². The SMILES string of the molecule is CC.CCCn1cc(C)c2ccccc21. The second-order valence-corrected chi connectivity index (χ2v) is 3.52. The second kappa shape index (κ2) is 5.59. The summed E-state index contributed by atoms with van der Waals surface area (Å²) in [4.78, 5) is 0. The second-order valence-electron chi connectivity index (χ2n) is 3.52. The van der Waals surface area contributed by atoms with Gasteiger partial charge in [-0.1, -0.05) is 39.0 Å². The Bertz CT molecular complexity index is 412. The molecule has 2 rings (SSSR count). The van der Waals surface area contributed by atoms with Gasteiger partial charge in [0.2, 0.25) is 0 Å². The van der Waals surface area contributed by atoms with Crippen LogP contribution in [0.4, 0.5) is 0 Å².